The summed E-state index contributed by atoms with van der Waals surface area (Å²) in [4.78, 5) is 6.53. The van der Waals surface area contributed by atoms with E-state index in [1.54, 1.807) is 0 Å². The zero-order valence-corrected chi connectivity index (χ0v) is 12.1. The average Bonchev–Trinajstić information content (AvgIpc) is 2.74. The van der Waals surface area contributed by atoms with E-state index in [-0.39, 0.29) is 18.6 Å². The summed E-state index contributed by atoms with van der Waals surface area (Å²) in [7, 11) is 4.09. The molecule has 1 aromatic heterocycles. The van der Waals surface area contributed by atoms with Crippen molar-refractivity contribution in [3.8, 4) is 0 Å². The molecule has 0 aliphatic rings. The lowest BCUT2D eigenvalue weighted by atomic mass is 9.90. The van der Waals surface area contributed by atoms with Gasteiger partial charge in [0.25, 0.3) is 0 Å². The first kappa shape index (κ1) is 14.0. The van der Waals surface area contributed by atoms with E-state index < -0.39 is 0 Å². The van der Waals surface area contributed by atoms with E-state index in [4.69, 9.17) is 4.42 Å². The summed E-state index contributed by atoms with van der Waals surface area (Å²) >= 11 is 0. The lowest BCUT2D eigenvalue weighted by molar-refractivity contribution is 0.130. The zero-order valence-electron chi connectivity index (χ0n) is 12.1. The quantitative estimate of drug-likeness (QED) is 0.900. The molecule has 0 saturated heterocycles. The summed E-state index contributed by atoms with van der Waals surface area (Å²) in [6.07, 6.45) is 0.940. The minimum atomic E-state index is 0.190. The van der Waals surface area contributed by atoms with Crippen LogP contribution in [0.25, 0.3) is 11.1 Å². The van der Waals surface area contributed by atoms with Gasteiger partial charge in [0.05, 0.1) is 0 Å². The molecular weight excluding hydrogens is 240 g/mol. The molecule has 2 unspecified atom stereocenters. The van der Waals surface area contributed by atoms with Crippen molar-refractivity contribution in [1.29, 1.82) is 0 Å². The molecule has 2 rings (SSSR count). The number of aryl methyl sites for hydroxylation is 1. The number of rotatable bonds is 5. The van der Waals surface area contributed by atoms with Crippen LogP contribution in [0.4, 0.5) is 0 Å². The van der Waals surface area contributed by atoms with E-state index in [2.05, 4.69) is 28.9 Å². The topological polar surface area (TPSA) is 49.5 Å². The fourth-order valence-electron chi connectivity index (χ4n) is 2.69. The Hall–Kier alpha value is -1.39. The van der Waals surface area contributed by atoms with Crippen molar-refractivity contribution in [3.05, 3.63) is 29.7 Å². The number of benzene rings is 1. The van der Waals surface area contributed by atoms with Crippen molar-refractivity contribution in [3.63, 3.8) is 0 Å². The Bertz CT molecular complexity index is 544. The van der Waals surface area contributed by atoms with Gasteiger partial charge in [-0.1, -0.05) is 13.0 Å². The number of oxazole rings is 1. The molecule has 0 bridgehead atoms. The predicted molar refractivity (Wildman–Crippen MR) is 76.0 cm³/mol. The Morgan fingerprint density at radius 2 is 2.11 bits per heavy atom. The second-order valence-corrected chi connectivity index (χ2v) is 5.22. The monoisotopic (exact) mass is 262 g/mol. The number of hydrogen-bond donors (Lipinski definition) is 1. The number of nitrogens with zero attached hydrogens (tertiary/aromatic N) is 2. The Morgan fingerprint density at radius 3 is 2.68 bits per heavy atom. The van der Waals surface area contributed by atoms with E-state index in [9.17, 15) is 5.11 Å². The van der Waals surface area contributed by atoms with Gasteiger partial charge < -0.3 is 14.4 Å². The van der Waals surface area contributed by atoms with Crippen molar-refractivity contribution in [2.45, 2.75) is 26.3 Å². The van der Waals surface area contributed by atoms with Crippen molar-refractivity contribution in [1.82, 2.24) is 9.88 Å². The van der Waals surface area contributed by atoms with Crippen LogP contribution in [0.5, 0.6) is 0 Å². The van der Waals surface area contributed by atoms with Gasteiger partial charge in [0.1, 0.15) is 5.52 Å². The summed E-state index contributed by atoms with van der Waals surface area (Å²) in [6, 6.07) is 6.28. The van der Waals surface area contributed by atoms with Crippen LogP contribution in [0.15, 0.2) is 22.6 Å². The van der Waals surface area contributed by atoms with Crippen LogP contribution < -0.4 is 0 Å². The van der Waals surface area contributed by atoms with E-state index in [1.165, 1.54) is 5.56 Å². The van der Waals surface area contributed by atoms with E-state index in [0.29, 0.717) is 5.89 Å². The summed E-state index contributed by atoms with van der Waals surface area (Å²) < 4.78 is 5.50. The fourth-order valence-corrected chi connectivity index (χ4v) is 2.69. The second-order valence-electron chi connectivity index (χ2n) is 5.22. The molecule has 0 aliphatic heterocycles. The molecule has 4 nitrogen and oxygen atoms in total. The molecule has 4 heteroatoms. The van der Waals surface area contributed by atoms with Gasteiger partial charge in [-0.3, -0.25) is 0 Å². The molecule has 2 aromatic rings. The lowest BCUT2D eigenvalue weighted by Crippen LogP contribution is -2.29. The number of aliphatic hydroxyl groups excluding tert-OH is 1. The smallest absolute Gasteiger partial charge is 0.192 e. The van der Waals surface area contributed by atoms with E-state index in [0.717, 1.165) is 17.5 Å². The molecule has 0 saturated carbocycles. The third kappa shape index (κ3) is 2.80. The average molecular weight is 262 g/mol. The van der Waals surface area contributed by atoms with Gasteiger partial charge in [-0.25, -0.2) is 4.98 Å². The number of fused-ring (bicyclic) bond motifs is 1. The summed E-state index contributed by atoms with van der Waals surface area (Å²) in [5.41, 5.74) is 2.87. The highest BCUT2D eigenvalue weighted by Crippen LogP contribution is 2.31. The van der Waals surface area contributed by atoms with Crippen molar-refractivity contribution in [2.75, 3.05) is 20.7 Å². The Morgan fingerprint density at radius 1 is 1.37 bits per heavy atom. The van der Waals surface area contributed by atoms with Gasteiger partial charge in [-0.2, -0.15) is 0 Å². The second kappa shape index (κ2) is 5.72. The standard InChI is InChI=1S/C15H22N2O2/c1-5-11(9-18)15(17(3)4)12-6-7-14-13(8-12)16-10(2)19-14/h6-8,11,15,18H,5,9H2,1-4H3. The first-order valence-corrected chi connectivity index (χ1v) is 6.71. The molecule has 0 aliphatic carbocycles. The van der Waals surface area contributed by atoms with Gasteiger partial charge in [0, 0.05) is 25.5 Å². The third-order valence-corrected chi connectivity index (χ3v) is 3.62. The van der Waals surface area contributed by atoms with Gasteiger partial charge in [-0.15, -0.1) is 0 Å². The van der Waals surface area contributed by atoms with Gasteiger partial charge in [0.15, 0.2) is 11.5 Å². The lowest BCUT2D eigenvalue weighted by Gasteiger charge is -2.31. The molecule has 19 heavy (non-hydrogen) atoms. The van der Waals surface area contributed by atoms with Gasteiger partial charge in [0.2, 0.25) is 0 Å². The molecule has 104 valence electrons. The molecule has 0 amide bonds. The van der Waals surface area contributed by atoms with Crippen LogP contribution in [0.1, 0.15) is 30.8 Å². The van der Waals surface area contributed by atoms with Gasteiger partial charge in [-0.05, 0) is 38.2 Å². The van der Waals surface area contributed by atoms with Crippen molar-refractivity contribution < 1.29 is 9.52 Å². The molecule has 1 aromatic carbocycles. The van der Waals surface area contributed by atoms with E-state index >= 15 is 0 Å². The normalized spacial score (nSPS) is 15.1. The van der Waals surface area contributed by atoms with E-state index in [1.807, 2.05) is 27.1 Å². The maximum absolute atomic E-state index is 9.56. The van der Waals surface area contributed by atoms with Crippen LogP contribution in [0, 0.1) is 12.8 Å². The zero-order chi connectivity index (χ0) is 14.0. The Balaban J connectivity index is 2.43. The van der Waals surface area contributed by atoms with Crippen LogP contribution in [-0.2, 0) is 0 Å². The molecule has 0 spiro atoms. The van der Waals surface area contributed by atoms with Crippen molar-refractivity contribution >= 4 is 11.1 Å². The minimum absolute atomic E-state index is 0.190. The maximum Gasteiger partial charge on any atom is 0.192 e. The highest BCUT2D eigenvalue weighted by molar-refractivity contribution is 5.73. The molecular formula is C15H22N2O2. The van der Waals surface area contributed by atoms with Crippen LogP contribution in [0.2, 0.25) is 0 Å². The number of aromatic nitrogens is 1. The first-order valence-electron chi connectivity index (χ1n) is 6.71. The van der Waals surface area contributed by atoms with Crippen LogP contribution in [0.3, 0.4) is 0 Å². The molecule has 0 fully saturated rings. The Labute approximate surface area is 114 Å². The maximum atomic E-state index is 9.56. The third-order valence-electron chi connectivity index (χ3n) is 3.62. The molecule has 0 radical (unpaired) electrons. The summed E-state index contributed by atoms with van der Waals surface area (Å²) in [5.74, 6) is 0.906. The van der Waals surface area contributed by atoms with Crippen LogP contribution in [-0.4, -0.2) is 35.7 Å². The Kier molecular flexibility index (Phi) is 4.22. The van der Waals surface area contributed by atoms with Crippen LogP contribution >= 0.6 is 0 Å². The first-order chi connectivity index (χ1) is 9.06. The SMILES string of the molecule is CCC(CO)C(c1ccc2oc(C)nc2c1)N(C)C. The summed E-state index contributed by atoms with van der Waals surface area (Å²) in [5, 5.41) is 9.56. The number of hydrogen-bond acceptors (Lipinski definition) is 4. The molecule has 1 heterocycles. The predicted octanol–water partition coefficient (Wildman–Crippen LogP) is 2.76. The summed E-state index contributed by atoms with van der Waals surface area (Å²) in [6.45, 7) is 4.15. The number of aliphatic hydroxyl groups is 1. The highest BCUT2D eigenvalue weighted by atomic mass is 16.3. The largest absolute Gasteiger partial charge is 0.441 e. The highest BCUT2D eigenvalue weighted by Gasteiger charge is 2.23. The minimum Gasteiger partial charge on any atom is -0.441 e. The van der Waals surface area contributed by atoms with Crippen molar-refractivity contribution in [2.24, 2.45) is 5.92 Å². The van der Waals surface area contributed by atoms with Gasteiger partial charge >= 0.3 is 0 Å². The molecule has 2 atom stereocenters. The molecule has 1 N–H and O–H groups in total. The fraction of sp³-hybridized carbons (Fsp3) is 0.533.